The van der Waals surface area contributed by atoms with Gasteiger partial charge in [0.1, 0.15) is 0 Å². The van der Waals surface area contributed by atoms with E-state index in [2.05, 4.69) is 29.8 Å². The first-order valence-corrected chi connectivity index (χ1v) is 8.92. The van der Waals surface area contributed by atoms with Crippen LogP contribution in [0.1, 0.15) is 32.3 Å². The molecule has 126 valence electrons. The molecule has 1 aliphatic rings. The Bertz CT molecular complexity index is 573. The number of carboxylic acids is 1. The van der Waals surface area contributed by atoms with Gasteiger partial charge >= 0.3 is 5.97 Å². The van der Waals surface area contributed by atoms with Gasteiger partial charge in [-0.1, -0.05) is 41.9 Å². The maximum atomic E-state index is 12.9. The molecule has 1 aromatic rings. The van der Waals surface area contributed by atoms with Crippen molar-refractivity contribution in [2.45, 2.75) is 33.1 Å². The van der Waals surface area contributed by atoms with Crippen LogP contribution in [0.2, 0.25) is 0 Å². The molecular formula is C18H24BrNO3. The zero-order chi connectivity index (χ0) is 17.0. The summed E-state index contributed by atoms with van der Waals surface area (Å²) in [5, 5.41) is 9.12. The Morgan fingerprint density at radius 1 is 1.39 bits per heavy atom. The van der Waals surface area contributed by atoms with E-state index in [9.17, 15) is 9.59 Å². The molecule has 0 saturated carbocycles. The Morgan fingerprint density at radius 3 is 2.70 bits per heavy atom. The van der Waals surface area contributed by atoms with E-state index in [0.29, 0.717) is 31.8 Å². The van der Waals surface area contributed by atoms with Crippen molar-refractivity contribution in [1.82, 2.24) is 4.90 Å². The predicted molar refractivity (Wildman–Crippen MR) is 93.1 cm³/mol. The number of carbonyl (C=O) groups excluding carboxylic acids is 1. The van der Waals surface area contributed by atoms with Crippen molar-refractivity contribution in [3.63, 3.8) is 0 Å². The lowest BCUT2D eigenvalue weighted by Crippen LogP contribution is -2.36. The van der Waals surface area contributed by atoms with Crippen molar-refractivity contribution in [3.8, 4) is 0 Å². The fraction of sp³-hybridized carbons (Fsp3) is 0.556. The van der Waals surface area contributed by atoms with Gasteiger partial charge in [-0.3, -0.25) is 9.59 Å². The van der Waals surface area contributed by atoms with Gasteiger partial charge in [0.05, 0.1) is 5.92 Å². The van der Waals surface area contributed by atoms with E-state index in [4.69, 9.17) is 5.11 Å². The quantitative estimate of drug-likeness (QED) is 0.818. The van der Waals surface area contributed by atoms with E-state index in [0.717, 1.165) is 16.5 Å². The Morgan fingerprint density at radius 2 is 2.13 bits per heavy atom. The van der Waals surface area contributed by atoms with Crippen LogP contribution in [0.4, 0.5) is 0 Å². The van der Waals surface area contributed by atoms with E-state index in [1.165, 1.54) is 0 Å². The summed E-state index contributed by atoms with van der Waals surface area (Å²) < 4.78 is 1.01. The zero-order valence-corrected chi connectivity index (χ0v) is 15.3. The van der Waals surface area contributed by atoms with Crippen molar-refractivity contribution >= 4 is 27.8 Å². The first-order chi connectivity index (χ1) is 10.9. The smallest absolute Gasteiger partial charge is 0.308 e. The number of halogens is 1. The molecule has 1 amide bonds. The third-order valence-electron chi connectivity index (χ3n) is 4.33. The SMILES string of the molecule is CC(C)CC(Cc1cccc(Br)c1)C(=O)N1CCC(C(=O)O)C1. The second-order valence-electron chi connectivity index (χ2n) is 6.77. The molecule has 4 nitrogen and oxygen atoms in total. The van der Waals surface area contributed by atoms with Crippen LogP contribution in [0.5, 0.6) is 0 Å². The van der Waals surface area contributed by atoms with Crippen LogP contribution < -0.4 is 0 Å². The van der Waals surface area contributed by atoms with Crippen LogP contribution >= 0.6 is 15.9 Å². The van der Waals surface area contributed by atoms with Crippen LogP contribution in [-0.4, -0.2) is 35.0 Å². The van der Waals surface area contributed by atoms with Crippen molar-refractivity contribution < 1.29 is 14.7 Å². The summed E-state index contributed by atoms with van der Waals surface area (Å²) in [5.74, 6) is -0.773. The second kappa shape index (κ2) is 7.95. The number of carbonyl (C=O) groups is 2. The topological polar surface area (TPSA) is 57.6 Å². The summed E-state index contributed by atoms with van der Waals surface area (Å²) in [4.78, 5) is 25.7. The largest absolute Gasteiger partial charge is 0.481 e. The Labute approximate surface area is 146 Å². The van der Waals surface area contributed by atoms with Gasteiger partial charge in [-0.25, -0.2) is 0 Å². The van der Waals surface area contributed by atoms with Crippen LogP contribution in [0.3, 0.4) is 0 Å². The van der Waals surface area contributed by atoms with Gasteiger partial charge in [0.2, 0.25) is 5.91 Å². The number of hydrogen-bond acceptors (Lipinski definition) is 2. The van der Waals surface area contributed by atoms with Crippen LogP contribution in [0.15, 0.2) is 28.7 Å². The number of rotatable bonds is 6. The zero-order valence-electron chi connectivity index (χ0n) is 13.7. The van der Waals surface area contributed by atoms with Crippen molar-refractivity contribution in [2.24, 2.45) is 17.8 Å². The Balaban J connectivity index is 2.08. The van der Waals surface area contributed by atoms with Gasteiger partial charge in [-0.05, 0) is 42.9 Å². The fourth-order valence-electron chi connectivity index (χ4n) is 3.21. The van der Waals surface area contributed by atoms with Crippen molar-refractivity contribution in [1.29, 1.82) is 0 Å². The van der Waals surface area contributed by atoms with Crippen molar-refractivity contribution in [3.05, 3.63) is 34.3 Å². The highest BCUT2D eigenvalue weighted by Crippen LogP contribution is 2.25. The van der Waals surface area contributed by atoms with E-state index < -0.39 is 11.9 Å². The molecule has 2 rings (SSSR count). The molecule has 0 bridgehead atoms. The monoisotopic (exact) mass is 381 g/mol. The lowest BCUT2D eigenvalue weighted by Gasteiger charge is -2.25. The first-order valence-electron chi connectivity index (χ1n) is 8.13. The van der Waals surface area contributed by atoms with Crippen molar-refractivity contribution in [2.75, 3.05) is 13.1 Å². The molecule has 5 heteroatoms. The number of aliphatic carboxylic acids is 1. The molecular weight excluding hydrogens is 358 g/mol. The molecule has 2 atom stereocenters. The molecule has 1 saturated heterocycles. The summed E-state index contributed by atoms with van der Waals surface area (Å²) in [6, 6.07) is 8.04. The van der Waals surface area contributed by atoms with Crippen LogP contribution in [0.25, 0.3) is 0 Å². The average Bonchev–Trinajstić information content (AvgIpc) is 2.95. The van der Waals surface area contributed by atoms with Gasteiger partial charge in [-0.15, -0.1) is 0 Å². The highest BCUT2D eigenvalue weighted by molar-refractivity contribution is 9.10. The van der Waals surface area contributed by atoms with Gasteiger partial charge < -0.3 is 10.0 Å². The number of nitrogens with zero attached hydrogens (tertiary/aromatic N) is 1. The maximum Gasteiger partial charge on any atom is 0.308 e. The minimum absolute atomic E-state index is 0.0863. The highest BCUT2D eigenvalue weighted by Gasteiger charge is 2.34. The molecule has 0 aromatic heterocycles. The summed E-state index contributed by atoms with van der Waals surface area (Å²) in [5.41, 5.74) is 1.13. The third kappa shape index (κ3) is 5.06. The molecule has 0 aliphatic carbocycles. The summed E-state index contributed by atoms with van der Waals surface area (Å²) in [6.07, 6.45) is 2.08. The molecule has 0 radical (unpaired) electrons. The number of benzene rings is 1. The van der Waals surface area contributed by atoms with E-state index >= 15 is 0 Å². The predicted octanol–water partition coefficient (Wildman–Crippen LogP) is 3.59. The fourth-order valence-corrected chi connectivity index (χ4v) is 3.66. The van der Waals surface area contributed by atoms with E-state index in [1.54, 1.807) is 4.90 Å². The second-order valence-corrected chi connectivity index (χ2v) is 7.68. The summed E-state index contributed by atoms with van der Waals surface area (Å²) in [6.45, 7) is 5.14. The summed E-state index contributed by atoms with van der Waals surface area (Å²) in [7, 11) is 0. The Kier molecular flexibility index (Phi) is 6.22. The lowest BCUT2D eigenvalue weighted by molar-refractivity contribution is -0.141. The molecule has 1 N–H and O–H groups in total. The van der Waals surface area contributed by atoms with E-state index in [1.807, 2.05) is 24.3 Å². The highest BCUT2D eigenvalue weighted by atomic mass is 79.9. The van der Waals surface area contributed by atoms with Crippen LogP contribution in [-0.2, 0) is 16.0 Å². The number of carboxylic acid groups (broad SMARTS) is 1. The van der Waals surface area contributed by atoms with E-state index in [-0.39, 0.29) is 11.8 Å². The molecule has 23 heavy (non-hydrogen) atoms. The number of amides is 1. The van der Waals surface area contributed by atoms with Gasteiger partial charge in [-0.2, -0.15) is 0 Å². The van der Waals surface area contributed by atoms with Crippen LogP contribution in [0, 0.1) is 17.8 Å². The normalized spacial score (nSPS) is 19.1. The number of likely N-dealkylation sites (tertiary alicyclic amines) is 1. The summed E-state index contributed by atoms with van der Waals surface area (Å²) >= 11 is 3.47. The minimum atomic E-state index is -0.798. The molecule has 1 fully saturated rings. The molecule has 1 aromatic carbocycles. The molecule has 0 spiro atoms. The Hall–Kier alpha value is -1.36. The third-order valence-corrected chi connectivity index (χ3v) is 4.82. The standard InChI is InChI=1S/C18H24BrNO3/c1-12(2)8-15(9-13-4-3-5-16(19)10-13)17(21)20-7-6-14(11-20)18(22)23/h3-5,10,12,14-15H,6-9,11H2,1-2H3,(H,22,23). The first kappa shape index (κ1) is 18.0. The van der Waals surface area contributed by atoms with Gasteiger partial charge in [0, 0.05) is 23.5 Å². The number of hydrogen-bond donors (Lipinski definition) is 1. The van der Waals surface area contributed by atoms with Gasteiger partial charge in [0.25, 0.3) is 0 Å². The average molecular weight is 382 g/mol. The molecule has 1 aliphatic heterocycles. The lowest BCUT2D eigenvalue weighted by atomic mass is 9.90. The van der Waals surface area contributed by atoms with Gasteiger partial charge in [0.15, 0.2) is 0 Å². The maximum absolute atomic E-state index is 12.9. The molecule has 2 unspecified atom stereocenters. The minimum Gasteiger partial charge on any atom is -0.481 e. The molecule has 1 heterocycles.